The molecule has 0 bridgehead atoms. The lowest BCUT2D eigenvalue weighted by atomic mass is 10.1. The Balaban J connectivity index is 1.91. The third-order valence-electron chi connectivity index (χ3n) is 3.25. The predicted octanol–water partition coefficient (Wildman–Crippen LogP) is 1.59. The zero-order valence-electron chi connectivity index (χ0n) is 12.0. The molecule has 7 nitrogen and oxygen atoms in total. The summed E-state index contributed by atoms with van der Waals surface area (Å²) in [6.45, 7) is 0. The van der Waals surface area contributed by atoms with Crippen molar-refractivity contribution in [1.29, 1.82) is 0 Å². The maximum atomic E-state index is 12.2. The van der Waals surface area contributed by atoms with Crippen LogP contribution in [0.5, 0.6) is 0 Å². The first-order valence-electron chi connectivity index (χ1n) is 6.64. The van der Waals surface area contributed by atoms with Crippen LogP contribution in [0.3, 0.4) is 0 Å². The van der Waals surface area contributed by atoms with E-state index < -0.39 is 11.5 Å². The predicted molar refractivity (Wildman–Crippen MR) is 89.2 cm³/mol. The van der Waals surface area contributed by atoms with Gasteiger partial charge in [-0.1, -0.05) is 11.8 Å². The molecule has 0 aliphatic rings. The van der Waals surface area contributed by atoms with Crippen LogP contribution in [0.15, 0.2) is 51.4 Å². The molecule has 0 fully saturated rings. The molecule has 0 unspecified atom stereocenters. The van der Waals surface area contributed by atoms with Crippen molar-refractivity contribution in [2.24, 2.45) is 0 Å². The highest BCUT2D eigenvalue weighted by molar-refractivity contribution is 7.98. The molecule has 1 aromatic carbocycles. The molecule has 23 heavy (non-hydrogen) atoms. The number of H-pyrrole nitrogens is 2. The second-order valence-electron chi connectivity index (χ2n) is 4.70. The van der Waals surface area contributed by atoms with Crippen molar-refractivity contribution < 1.29 is 4.79 Å². The molecule has 0 aliphatic heterocycles. The van der Waals surface area contributed by atoms with Gasteiger partial charge in [-0.15, -0.1) is 0 Å². The van der Waals surface area contributed by atoms with E-state index >= 15 is 0 Å². The molecule has 0 radical (unpaired) electrons. The molecule has 3 aromatic rings. The molecule has 2 heterocycles. The van der Waals surface area contributed by atoms with Gasteiger partial charge in [0, 0.05) is 23.5 Å². The van der Waals surface area contributed by atoms with Crippen LogP contribution >= 0.6 is 11.8 Å². The van der Waals surface area contributed by atoms with Crippen LogP contribution in [0.4, 0.5) is 5.69 Å². The fourth-order valence-electron chi connectivity index (χ4n) is 2.11. The minimum absolute atomic E-state index is 0.0752. The molecular weight excluding hydrogens is 316 g/mol. The first-order chi connectivity index (χ1) is 11.1. The van der Waals surface area contributed by atoms with Crippen molar-refractivity contribution >= 4 is 34.1 Å². The molecule has 8 heteroatoms. The smallest absolute Gasteiger partial charge is 0.264 e. The molecule has 3 N–H and O–H groups in total. The van der Waals surface area contributed by atoms with E-state index in [1.807, 2.05) is 0 Å². The van der Waals surface area contributed by atoms with Crippen LogP contribution in [-0.4, -0.2) is 27.1 Å². The normalized spacial score (nSPS) is 10.7. The van der Waals surface area contributed by atoms with Crippen molar-refractivity contribution in [2.75, 3.05) is 11.6 Å². The SMILES string of the molecule is CSc1ncc(C(=O)Nc2ccc3c(=O)[nH]ccc3c2)c(=O)[nH]1. The molecule has 0 aliphatic carbocycles. The summed E-state index contributed by atoms with van der Waals surface area (Å²) in [7, 11) is 0. The number of carbonyl (C=O) groups excluding carboxylic acids is 1. The lowest BCUT2D eigenvalue weighted by Crippen LogP contribution is -2.24. The number of benzene rings is 1. The number of amides is 1. The standard InChI is InChI=1S/C15H12N4O3S/c1-23-15-17-7-11(14(22)19-15)13(21)18-9-2-3-10-8(6-9)4-5-16-12(10)20/h2-7H,1H3,(H,16,20)(H,18,21)(H,17,19,22). The van der Waals surface area contributed by atoms with Crippen LogP contribution in [0, 0.1) is 0 Å². The Morgan fingerprint density at radius 3 is 2.78 bits per heavy atom. The third kappa shape index (κ3) is 3.02. The molecular formula is C15H12N4O3S. The molecule has 116 valence electrons. The summed E-state index contributed by atoms with van der Waals surface area (Å²) in [4.78, 5) is 44.8. The molecule has 0 spiro atoms. The van der Waals surface area contributed by atoms with Gasteiger partial charge in [-0.05, 0) is 35.9 Å². The minimum atomic E-state index is -0.560. The van der Waals surface area contributed by atoms with Gasteiger partial charge in [0.1, 0.15) is 5.56 Å². The lowest BCUT2D eigenvalue weighted by Gasteiger charge is -2.06. The minimum Gasteiger partial charge on any atom is -0.329 e. The summed E-state index contributed by atoms with van der Waals surface area (Å²) < 4.78 is 0. The van der Waals surface area contributed by atoms with Gasteiger partial charge in [0.25, 0.3) is 17.0 Å². The van der Waals surface area contributed by atoms with Crippen molar-refractivity contribution in [3.05, 3.63) is 62.9 Å². The highest BCUT2D eigenvalue weighted by atomic mass is 32.2. The molecule has 1 amide bonds. The molecule has 0 saturated carbocycles. The van der Waals surface area contributed by atoms with Gasteiger partial charge in [0.2, 0.25) is 0 Å². The largest absolute Gasteiger partial charge is 0.329 e. The highest BCUT2D eigenvalue weighted by Crippen LogP contribution is 2.16. The summed E-state index contributed by atoms with van der Waals surface area (Å²) in [5.41, 5.74) is -0.289. The average molecular weight is 328 g/mol. The van der Waals surface area contributed by atoms with E-state index in [2.05, 4.69) is 20.3 Å². The fraction of sp³-hybridized carbons (Fsp3) is 0.0667. The molecule has 2 aromatic heterocycles. The Labute approximate surface area is 134 Å². The second kappa shape index (κ2) is 6.09. The van der Waals surface area contributed by atoms with Gasteiger partial charge < -0.3 is 15.3 Å². The van der Waals surface area contributed by atoms with Gasteiger partial charge >= 0.3 is 0 Å². The zero-order chi connectivity index (χ0) is 16.4. The van der Waals surface area contributed by atoms with Crippen LogP contribution < -0.4 is 16.4 Å². The topological polar surface area (TPSA) is 108 Å². The third-order valence-corrected chi connectivity index (χ3v) is 3.84. The monoisotopic (exact) mass is 328 g/mol. The molecule has 0 atom stereocenters. The van der Waals surface area contributed by atoms with E-state index in [-0.39, 0.29) is 11.1 Å². The number of anilines is 1. The fourth-order valence-corrected chi connectivity index (χ4v) is 2.47. The summed E-state index contributed by atoms with van der Waals surface area (Å²) in [6.07, 6.45) is 4.55. The van der Waals surface area contributed by atoms with Gasteiger partial charge in [-0.25, -0.2) is 4.98 Å². The summed E-state index contributed by atoms with van der Waals surface area (Å²) in [6, 6.07) is 6.62. The highest BCUT2D eigenvalue weighted by Gasteiger charge is 2.12. The van der Waals surface area contributed by atoms with E-state index in [1.54, 1.807) is 30.5 Å². The number of rotatable bonds is 3. The number of pyridine rings is 1. The van der Waals surface area contributed by atoms with E-state index in [4.69, 9.17) is 0 Å². The summed E-state index contributed by atoms with van der Waals surface area (Å²) in [5, 5.41) is 4.28. The van der Waals surface area contributed by atoms with Crippen molar-refractivity contribution in [3.63, 3.8) is 0 Å². The van der Waals surface area contributed by atoms with Gasteiger partial charge in [-0.2, -0.15) is 0 Å². The Kier molecular flexibility index (Phi) is 3.98. The quantitative estimate of drug-likeness (QED) is 0.500. The zero-order valence-corrected chi connectivity index (χ0v) is 12.9. The summed E-state index contributed by atoms with van der Waals surface area (Å²) in [5.74, 6) is -0.560. The van der Waals surface area contributed by atoms with Crippen LogP contribution in [0.1, 0.15) is 10.4 Å². The number of carbonyl (C=O) groups is 1. The van der Waals surface area contributed by atoms with Crippen molar-refractivity contribution in [3.8, 4) is 0 Å². The van der Waals surface area contributed by atoms with Crippen molar-refractivity contribution in [2.45, 2.75) is 5.16 Å². The Morgan fingerprint density at radius 2 is 2.04 bits per heavy atom. The number of hydrogen-bond donors (Lipinski definition) is 3. The number of nitrogens with zero attached hydrogens (tertiary/aromatic N) is 1. The summed E-state index contributed by atoms with van der Waals surface area (Å²) >= 11 is 1.28. The number of thioether (sulfide) groups is 1. The Bertz CT molecular complexity index is 1010. The number of nitrogens with one attached hydrogen (secondary N) is 3. The van der Waals surface area contributed by atoms with E-state index in [0.717, 1.165) is 0 Å². The van der Waals surface area contributed by atoms with Gasteiger partial charge in [-0.3, -0.25) is 14.4 Å². The van der Waals surface area contributed by atoms with Gasteiger partial charge in [0.05, 0.1) is 0 Å². The number of aromatic nitrogens is 3. The number of fused-ring (bicyclic) bond motifs is 1. The second-order valence-corrected chi connectivity index (χ2v) is 5.49. The molecule has 0 saturated heterocycles. The number of aromatic amines is 2. The first kappa shape index (κ1) is 15.0. The lowest BCUT2D eigenvalue weighted by molar-refractivity contribution is 0.102. The van der Waals surface area contributed by atoms with Gasteiger partial charge in [0.15, 0.2) is 5.16 Å². The maximum Gasteiger partial charge on any atom is 0.264 e. The van der Waals surface area contributed by atoms with Crippen LogP contribution in [0.2, 0.25) is 0 Å². The first-order valence-corrected chi connectivity index (χ1v) is 7.87. The van der Waals surface area contributed by atoms with Crippen LogP contribution in [-0.2, 0) is 0 Å². The Hall–Kier alpha value is -2.87. The average Bonchev–Trinajstić information content (AvgIpc) is 2.54. The van der Waals surface area contributed by atoms with E-state index in [1.165, 1.54) is 24.2 Å². The Morgan fingerprint density at radius 1 is 1.22 bits per heavy atom. The van der Waals surface area contributed by atoms with E-state index in [9.17, 15) is 14.4 Å². The molecule has 3 rings (SSSR count). The van der Waals surface area contributed by atoms with E-state index in [0.29, 0.717) is 21.6 Å². The van der Waals surface area contributed by atoms with Crippen LogP contribution in [0.25, 0.3) is 10.8 Å². The van der Waals surface area contributed by atoms with Crippen molar-refractivity contribution in [1.82, 2.24) is 15.0 Å². The number of hydrogen-bond acceptors (Lipinski definition) is 5. The maximum absolute atomic E-state index is 12.2.